The van der Waals surface area contributed by atoms with E-state index in [0.29, 0.717) is 11.1 Å². The van der Waals surface area contributed by atoms with Crippen LogP contribution in [0.4, 0.5) is 4.39 Å². The molecule has 0 heterocycles. The summed E-state index contributed by atoms with van der Waals surface area (Å²) in [6.07, 6.45) is 0.232. The van der Waals surface area contributed by atoms with E-state index >= 15 is 0 Å². The van der Waals surface area contributed by atoms with Gasteiger partial charge in [-0.2, -0.15) is 0 Å². The molecule has 0 aromatic heterocycles. The molecule has 2 nitrogen and oxygen atoms in total. The highest BCUT2D eigenvalue weighted by Crippen LogP contribution is 2.30. The Kier molecular flexibility index (Phi) is 1.48. The summed E-state index contributed by atoms with van der Waals surface area (Å²) in [5, 5.41) is 0. The number of Topliss-reactive ketones (excluding diaryl/α,β-unsaturated/α-hetero) is 1. The van der Waals surface area contributed by atoms with Gasteiger partial charge in [-0.25, -0.2) is 4.39 Å². The summed E-state index contributed by atoms with van der Waals surface area (Å²) in [6, 6.07) is 4.03. The lowest BCUT2D eigenvalue weighted by molar-refractivity contribution is 0.0989. The van der Waals surface area contributed by atoms with Gasteiger partial charge in [-0.15, -0.1) is 0 Å². The Morgan fingerprint density at radius 3 is 2.92 bits per heavy atom. The average Bonchev–Trinajstić information content (AvgIpc) is 2.29. The molecule has 1 aromatic carbocycles. The summed E-state index contributed by atoms with van der Waals surface area (Å²) in [7, 11) is 0. The zero-order chi connectivity index (χ0) is 8.72. The van der Waals surface area contributed by atoms with Crippen molar-refractivity contribution in [2.45, 2.75) is 12.5 Å². The molecular formula is C9H8FNO. The van der Waals surface area contributed by atoms with Crippen molar-refractivity contribution in [2.75, 3.05) is 0 Å². The summed E-state index contributed by atoms with van der Waals surface area (Å²) in [6.45, 7) is 0. The number of fused-ring (bicyclic) bond motifs is 1. The van der Waals surface area contributed by atoms with Crippen LogP contribution in [0.25, 0.3) is 0 Å². The van der Waals surface area contributed by atoms with Crippen LogP contribution in [0.1, 0.15) is 28.4 Å². The van der Waals surface area contributed by atoms with E-state index in [9.17, 15) is 9.18 Å². The molecule has 2 rings (SSSR count). The molecule has 0 saturated carbocycles. The first-order valence-electron chi connectivity index (χ1n) is 3.77. The number of halogens is 1. The second-order valence-corrected chi connectivity index (χ2v) is 2.93. The highest BCUT2D eigenvalue weighted by molar-refractivity contribution is 6.01. The number of hydrogen-bond donors (Lipinski definition) is 1. The van der Waals surface area contributed by atoms with Gasteiger partial charge in [0.05, 0.1) is 0 Å². The van der Waals surface area contributed by atoms with Crippen LogP contribution in [0, 0.1) is 5.82 Å². The van der Waals surface area contributed by atoms with Crippen molar-refractivity contribution in [3.8, 4) is 0 Å². The molecule has 0 bridgehead atoms. The van der Waals surface area contributed by atoms with E-state index in [2.05, 4.69) is 0 Å². The Morgan fingerprint density at radius 1 is 1.50 bits per heavy atom. The molecule has 3 heteroatoms. The number of rotatable bonds is 0. The lowest BCUT2D eigenvalue weighted by Crippen LogP contribution is -2.07. The second kappa shape index (κ2) is 2.38. The third-order valence-electron chi connectivity index (χ3n) is 2.13. The van der Waals surface area contributed by atoms with Crippen molar-refractivity contribution >= 4 is 5.78 Å². The summed E-state index contributed by atoms with van der Waals surface area (Å²) in [4.78, 5) is 11.2. The smallest absolute Gasteiger partial charge is 0.165 e. The summed E-state index contributed by atoms with van der Waals surface area (Å²) in [5.74, 6) is -0.428. The number of nitrogens with two attached hydrogens (primary N) is 1. The summed E-state index contributed by atoms with van der Waals surface area (Å²) < 4.78 is 13.1. The van der Waals surface area contributed by atoms with Gasteiger partial charge in [-0.05, 0) is 6.07 Å². The second-order valence-electron chi connectivity index (χ2n) is 2.93. The third kappa shape index (κ3) is 0.865. The van der Waals surface area contributed by atoms with Gasteiger partial charge in [0.1, 0.15) is 5.82 Å². The Balaban J connectivity index is 2.67. The van der Waals surface area contributed by atoms with Gasteiger partial charge in [0.25, 0.3) is 0 Å². The summed E-state index contributed by atoms with van der Waals surface area (Å²) >= 11 is 0. The van der Waals surface area contributed by atoms with Crippen LogP contribution in [0.3, 0.4) is 0 Å². The normalized spacial score (nSPS) is 21.2. The maximum Gasteiger partial charge on any atom is 0.165 e. The molecule has 0 spiro atoms. The lowest BCUT2D eigenvalue weighted by Gasteiger charge is -2.03. The predicted molar refractivity (Wildman–Crippen MR) is 42.3 cm³/mol. The van der Waals surface area contributed by atoms with Crippen LogP contribution in [-0.2, 0) is 0 Å². The zero-order valence-corrected chi connectivity index (χ0v) is 6.38. The Bertz CT molecular complexity index is 348. The minimum Gasteiger partial charge on any atom is -0.323 e. The number of ketones is 1. The molecule has 62 valence electrons. The highest BCUT2D eigenvalue weighted by Gasteiger charge is 2.28. The van der Waals surface area contributed by atoms with E-state index in [1.54, 1.807) is 6.07 Å². The first kappa shape index (κ1) is 7.43. The molecule has 0 amide bonds. The fraction of sp³-hybridized carbons (Fsp3) is 0.222. The standard InChI is InChI=1S/C9H8FNO/c10-6-3-1-2-5-8(12)4-7(11)9(5)6/h1-3,7H,4,11H2. The SMILES string of the molecule is NC1CC(=O)c2cccc(F)c21. The molecule has 12 heavy (non-hydrogen) atoms. The van der Waals surface area contributed by atoms with Crippen LogP contribution in [0.2, 0.25) is 0 Å². The number of carbonyl (C=O) groups is 1. The van der Waals surface area contributed by atoms with Crippen molar-refractivity contribution in [1.82, 2.24) is 0 Å². The minimum absolute atomic E-state index is 0.0583. The van der Waals surface area contributed by atoms with Crippen molar-refractivity contribution in [3.63, 3.8) is 0 Å². The molecule has 1 atom stereocenters. The maximum absolute atomic E-state index is 13.1. The van der Waals surface area contributed by atoms with E-state index in [0.717, 1.165) is 0 Å². The predicted octanol–water partition coefficient (Wildman–Crippen LogP) is 1.41. The van der Waals surface area contributed by atoms with Gasteiger partial charge < -0.3 is 5.73 Å². The van der Waals surface area contributed by atoms with Gasteiger partial charge in [-0.3, -0.25) is 4.79 Å². The van der Waals surface area contributed by atoms with Crippen LogP contribution < -0.4 is 5.73 Å². The van der Waals surface area contributed by atoms with Crippen molar-refractivity contribution < 1.29 is 9.18 Å². The third-order valence-corrected chi connectivity index (χ3v) is 2.13. The quantitative estimate of drug-likeness (QED) is 0.631. The molecule has 2 N–H and O–H groups in total. The lowest BCUT2D eigenvalue weighted by atomic mass is 10.1. The van der Waals surface area contributed by atoms with E-state index in [-0.39, 0.29) is 18.0 Å². The molecule has 0 radical (unpaired) electrons. The van der Waals surface area contributed by atoms with Gasteiger partial charge in [0, 0.05) is 23.6 Å². The Hall–Kier alpha value is -1.22. The Labute approximate surface area is 69.2 Å². The molecule has 1 aromatic rings. The fourth-order valence-electron chi connectivity index (χ4n) is 1.57. The van der Waals surface area contributed by atoms with Gasteiger partial charge in [-0.1, -0.05) is 12.1 Å². The molecule has 1 aliphatic rings. The molecule has 0 fully saturated rings. The van der Waals surface area contributed by atoms with E-state index in [1.807, 2.05) is 0 Å². The monoisotopic (exact) mass is 165 g/mol. The largest absolute Gasteiger partial charge is 0.323 e. The number of carbonyl (C=O) groups excluding carboxylic acids is 1. The minimum atomic E-state index is -0.450. The first-order chi connectivity index (χ1) is 5.70. The van der Waals surface area contributed by atoms with E-state index < -0.39 is 6.04 Å². The highest BCUT2D eigenvalue weighted by atomic mass is 19.1. The van der Waals surface area contributed by atoms with Gasteiger partial charge in [0.2, 0.25) is 0 Å². The van der Waals surface area contributed by atoms with Crippen LogP contribution in [0.5, 0.6) is 0 Å². The molecule has 1 aliphatic carbocycles. The zero-order valence-electron chi connectivity index (χ0n) is 6.38. The first-order valence-corrected chi connectivity index (χ1v) is 3.77. The van der Waals surface area contributed by atoms with Crippen LogP contribution in [-0.4, -0.2) is 5.78 Å². The molecular weight excluding hydrogens is 157 g/mol. The van der Waals surface area contributed by atoms with Crippen molar-refractivity contribution in [3.05, 3.63) is 35.1 Å². The number of hydrogen-bond acceptors (Lipinski definition) is 2. The van der Waals surface area contributed by atoms with Crippen LogP contribution >= 0.6 is 0 Å². The molecule has 0 aliphatic heterocycles. The molecule has 1 unspecified atom stereocenters. The topological polar surface area (TPSA) is 43.1 Å². The average molecular weight is 165 g/mol. The maximum atomic E-state index is 13.1. The van der Waals surface area contributed by atoms with Crippen molar-refractivity contribution in [1.29, 1.82) is 0 Å². The molecule has 0 saturated heterocycles. The number of benzene rings is 1. The van der Waals surface area contributed by atoms with Gasteiger partial charge >= 0.3 is 0 Å². The fourth-order valence-corrected chi connectivity index (χ4v) is 1.57. The summed E-state index contributed by atoms with van der Waals surface area (Å²) in [5.41, 5.74) is 6.40. The Morgan fingerprint density at radius 2 is 2.25 bits per heavy atom. The van der Waals surface area contributed by atoms with Crippen LogP contribution in [0.15, 0.2) is 18.2 Å². The van der Waals surface area contributed by atoms with Crippen molar-refractivity contribution in [2.24, 2.45) is 5.73 Å². The van der Waals surface area contributed by atoms with Gasteiger partial charge in [0.15, 0.2) is 5.78 Å². The van der Waals surface area contributed by atoms with E-state index in [4.69, 9.17) is 5.73 Å². The van der Waals surface area contributed by atoms with E-state index in [1.165, 1.54) is 12.1 Å².